The first-order chi connectivity index (χ1) is 10.1. The van der Waals surface area contributed by atoms with Gasteiger partial charge in [0.15, 0.2) is 0 Å². The number of ether oxygens (including phenoxy) is 1. The second-order valence-corrected chi connectivity index (χ2v) is 5.51. The summed E-state index contributed by atoms with van der Waals surface area (Å²) in [6.07, 6.45) is 2.06. The Morgan fingerprint density at radius 2 is 1.76 bits per heavy atom. The molecule has 0 aliphatic heterocycles. The zero-order valence-corrected chi connectivity index (χ0v) is 13.4. The Labute approximate surface area is 127 Å². The molecule has 0 saturated heterocycles. The summed E-state index contributed by atoms with van der Waals surface area (Å²) in [6, 6.07) is 10.4. The molecule has 0 amide bonds. The Bertz CT molecular complexity index is 564. The predicted molar refractivity (Wildman–Crippen MR) is 87.0 cm³/mol. The summed E-state index contributed by atoms with van der Waals surface area (Å²) in [5.41, 5.74) is 4.69. The van der Waals surface area contributed by atoms with Crippen LogP contribution in [0.2, 0.25) is 0 Å². The van der Waals surface area contributed by atoms with Crippen LogP contribution in [0.25, 0.3) is 0 Å². The molecule has 0 radical (unpaired) electrons. The van der Waals surface area contributed by atoms with E-state index in [2.05, 4.69) is 43.2 Å². The molecule has 0 bridgehead atoms. The highest BCUT2D eigenvalue weighted by Crippen LogP contribution is 2.24. The number of benzene rings is 1. The molecule has 3 nitrogen and oxygen atoms in total. The summed E-state index contributed by atoms with van der Waals surface area (Å²) in [4.78, 5) is 4.61. The maximum absolute atomic E-state index is 5.98. The quantitative estimate of drug-likeness (QED) is 0.864. The van der Waals surface area contributed by atoms with Gasteiger partial charge in [-0.1, -0.05) is 19.4 Å². The zero-order chi connectivity index (χ0) is 15.2. The summed E-state index contributed by atoms with van der Waals surface area (Å²) in [7, 11) is 1.95. The van der Waals surface area contributed by atoms with E-state index in [9.17, 15) is 0 Å². The molecular weight excluding hydrogens is 260 g/mol. The van der Waals surface area contributed by atoms with Crippen LogP contribution in [0.5, 0.6) is 11.6 Å². The topological polar surface area (TPSA) is 34.1 Å². The largest absolute Gasteiger partial charge is 0.439 e. The van der Waals surface area contributed by atoms with Crippen molar-refractivity contribution < 1.29 is 4.74 Å². The van der Waals surface area contributed by atoms with Crippen LogP contribution >= 0.6 is 0 Å². The molecule has 0 unspecified atom stereocenters. The summed E-state index contributed by atoms with van der Waals surface area (Å²) in [6.45, 7) is 7.14. The summed E-state index contributed by atoms with van der Waals surface area (Å²) in [5, 5.41) is 3.18. The zero-order valence-electron chi connectivity index (χ0n) is 13.4. The predicted octanol–water partition coefficient (Wildman–Crippen LogP) is 4.16. The lowest BCUT2D eigenvalue weighted by atomic mass is 10.1. The van der Waals surface area contributed by atoms with E-state index in [1.807, 2.05) is 25.2 Å². The highest BCUT2D eigenvalue weighted by Gasteiger charge is 2.05. The molecule has 1 aromatic carbocycles. The highest BCUT2D eigenvalue weighted by atomic mass is 16.5. The summed E-state index contributed by atoms with van der Waals surface area (Å²) in [5.74, 6) is 1.53. The average molecular weight is 284 g/mol. The number of aryl methyl sites for hydroxylation is 3. The fraction of sp³-hybridized carbons (Fsp3) is 0.389. The molecule has 0 saturated carbocycles. The van der Waals surface area contributed by atoms with Crippen molar-refractivity contribution in [2.24, 2.45) is 0 Å². The van der Waals surface area contributed by atoms with Crippen molar-refractivity contribution in [2.75, 3.05) is 7.05 Å². The number of nitrogens with zero attached hydrogens (tertiary/aromatic N) is 1. The van der Waals surface area contributed by atoms with Gasteiger partial charge in [0.25, 0.3) is 0 Å². The number of nitrogens with one attached hydrogen (secondary N) is 1. The van der Waals surface area contributed by atoms with Crippen LogP contribution in [0.15, 0.2) is 30.3 Å². The Morgan fingerprint density at radius 3 is 2.38 bits per heavy atom. The van der Waals surface area contributed by atoms with Crippen molar-refractivity contribution in [3.8, 4) is 11.6 Å². The molecule has 0 aliphatic rings. The van der Waals surface area contributed by atoms with E-state index in [4.69, 9.17) is 4.74 Å². The van der Waals surface area contributed by atoms with Crippen molar-refractivity contribution in [1.29, 1.82) is 0 Å². The number of hydrogen-bond donors (Lipinski definition) is 1. The first-order valence-electron chi connectivity index (χ1n) is 7.51. The number of aromatic nitrogens is 1. The van der Waals surface area contributed by atoms with Crippen molar-refractivity contribution in [1.82, 2.24) is 10.3 Å². The van der Waals surface area contributed by atoms with Gasteiger partial charge in [-0.05, 0) is 62.2 Å². The lowest BCUT2D eigenvalue weighted by Crippen LogP contribution is -2.06. The normalized spacial score (nSPS) is 10.7. The molecule has 1 heterocycles. The Hall–Kier alpha value is -1.87. The van der Waals surface area contributed by atoms with E-state index >= 15 is 0 Å². The fourth-order valence-electron chi connectivity index (χ4n) is 2.48. The smallest absolute Gasteiger partial charge is 0.219 e. The highest BCUT2D eigenvalue weighted by molar-refractivity contribution is 5.36. The van der Waals surface area contributed by atoms with Crippen LogP contribution in [0, 0.1) is 13.8 Å². The molecule has 0 aliphatic carbocycles. The minimum atomic E-state index is 0.677. The van der Waals surface area contributed by atoms with E-state index in [1.165, 1.54) is 16.7 Å². The van der Waals surface area contributed by atoms with E-state index in [0.29, 0.717) is 5.88 Å². The summed E-state index contributed by atoms with van der Waals surface area (Å²) < 4.78 is 5.98. The van der Waals surface area contributed by atoms with Gasteiger partial charge in [-0.15, -0.1) is 0 Å². The van der Waals surface area contributed by atoms with Crippen LogP contribution in [0.1, 0.15) is 35.7 Å². The molecule has 0 fully saturated rings. The van der Waals surface area contributed by atoms with Crippen molar-refractivity contribution >= 4 is 0 Å². The first-order valence-corrected chi connectivity index (χ1v) is 7.51. The van der Waals surface area contributed by atoms with Crippen molar-refractivity contribution in [3.05, 3.63) is 52.7 Å². The second-order valence-electron chi connectivity index (χ2n) is 5.51. The molecule has 2 aromatic rings. The van der Waals surface area contributed by atoms with E-state index in [0.717, 1.165) is 30.8 Å². The lowest BCUT2D eigenvalue weighted by Gasteiger charge is -2.11. The minimum absolute atomic E-state index is 0.677. The SMILES string of the molecule is CCCc1cc(CNC)cc(Oc2cc(C)cc(C)c2)n1. The van der Waals surface area contributed by atoms with Gasteiger partial charge in [0.2, 0.25) is 5.88 Å². The van der Waals surface area contributed by atoms with Crippen LogP contribution in [0.4, 0.5) is 0 Å². The maximum Gasteiger partial charge on any atom is 0.219 e. The van der Waals surface area contributed by atoms with Gasteiger partial charge in [0, 0.05) is 18.3 Å². The van der Waals surface area contributed by atoms with E-state index in [1.54, 1.807) is 0 Å². The molecule has 0 atom stereocenters. The number of pyridine rings is 1. The molecule has 1 aromatic heterocycles. The first kappa shape index (κ1) is 15.5. The lowest BCUT2D eigenvalue weighted by molar-refractivity contribution is 0.458. The standard InChI is InChI=1S/C18H24N2O/c1-5-6-16-10-15(12-19-4)11-18(20-16)21-17-8-13(2)7-14(3)9-17/h7-11,19H,5-6,12H2,1-4H3. The third-order valence-corrected chi connectivity index (χ3v) is 3.22. The third kappa shape index (κ3) is 4.57. The number of rotatable bonds is 6. The van der Waals surface area contributed by atoms with Gasteiger partial charge in [-0.25, -0.2) is 4.98 Å². The van der Waals surface area contributed by atoms with Gasteiger partial charge in [-0.3, -0.25) is 0 Å². The molecule has 2 rings (SSSR count). The maximum atomic E-state index is 5.98. The van der Waals surface area contributed by atoms with Crippen LogP contribution < -0.4 is 10.1 Å². The molecule has 0 spiro atoms. The van der Waals surface area contributed by atoms with Gasteiger partial charge >= 0.3 is 0 Å². The Balaban J connectivity index is 2.28. The average Bonchev–Trinajstić information content (AvgIpc) is 2.37. The molecule has 1 N–H and O–H groups in total. The molecule has 112 valence electrons. The summed E-state index contributed by atoms with van der Waals surface area (Å²) >= 11 is 0. The minimum Gasteiger partial charge on any atom is -0.439 e. The van der Waals surface area contributed by atoms with Gasteiger partial charge in [0.05, 0.1) is 0 Å². The fourth-order valence-corrected chi connectivity index (χ4v) is 2.48. The number of hydrogen-bond acceptors (Lipinski definition) is 3. The molecule has 3 heteroatoms. The van der Waals surface area contributed by atoms with Crippen LogP contribution in [0.3, 0.4) is 0 Å². The molecular formula is C18H24N2O. The van der Waals surface area contributed by atoms with Gasteiger partial charge in [0.1, 0.15) is 5.75 Å². The second kappa shape index (κ2) is 7.23. The van der Waals surface area contributed by atoms with Gasteiger partial charge < -0.3 is 10.1 Å². The van der Waals surface area contributed by atoms with Crippen molar-refractivity contribution in [3.63, 3.8) is 0 Å². The Kier molecular flexibility index (Phi) is 5.34. The third-order valence-electron chi connectivity index (χ3n) is 3.22. The van der Waals surface area contributed by atoms with E-state index < -0.39 is 0 Å². The van der Waals surface area contributed by atoms with Gasteiger partial charge in [-0.2, -0.15) is 0 Å². The van der Waals surface area contributed by atoms with Crippen molar-refractivity contribution in [2.45, 2.75) is 40.2 Å². The van der Waals surface area contributed by atoms with E-state index in [-0.39, 0.29) is 0 Å². The van der Waals surface area contributed by atoms with Crippen LogP contribution in [-0.2, 0) is 13.0 Å². The monoisotopic (exact) mass is 284 g/mol. The Morgan fingerprint density at radius 1 is 1.05 bits per heavy atom. The van der Waals surface area contributed by atoms with Crippen LogP contribution in [-0.4, -0.2) is 12.0 Å². The molecule has 21 heavy (non-hydrogen) atoms.